The SMILES string of the molecule is CCNC(=NCCCCN1CCC(C)CC1)NC1CN(C(C)C)CC1C. The van der Waals surface area contributed by atoms with Crippen molar-refractivity contribution in [3.63, 3.8) is 0 Å². The molecule has 2 N–H and O–H groups in total. The molecule has 0 aliphatic carbocycles. The standard InChI is InChI=1S/C21H43N5/c1-6-22-21(24-20-16-26(17(2)3)15-19(20)5)23-11-7-8-12-25-13-9-18(4)10-14-25/h17-20H,6-16H2,1-5H3,(H2,22,23,24). The van der Waals surface area contributed by atoms with Gasteiger partial charge in [0, 0.05) is 38.3 Å². The van der Waals surface area contributed by atoms with Gasteiger partial charge in [-0.2, -0.15) is 0 Å². The molecule has 152 valence electrons. The highest BCUT2D eigenvalue weighted by atomic mass is 15.3. The number of likely N-dealkylation sites (tertiary alicyclic amines) is 2. The van der Waals surface area contributed by atoms with Crippen LogP contribution in [0.4, 0.5) is 0 Å². The van der Waals surface area contributed by atoms with Crippen molar-refractivity contribution < 1.29 is 0 Å². The second kappa shape index (κ2) is 11.1. The van der Waals surface area contributed by atoms with E-state index in [4.69, 9.17) is 4.99 Å². The summed E-state index contributed by atoms with van der Waals surface area (Å²) in [5, 5.41) is 7.11. The first-order valence-electron chi connectivity index (χ1n) is 11.0. The minimum atomic E-state index is 0.505. The normalized spacial score (nSPS) is 26.6. The van der Waals surface area contributed by atoms with E-state index in [1.165, 1.54) is 51.9 Å². The van der Waals surface area contributed by atoms with Crippen LogP contribution in [-0.2, 0) is 0 Å². The molecule has 2 aliphatic rings. The number of rotatable bonds is 8. The van der Waals surface area contributed by atoms with E-state index in [1.54, 1.807) is 0 Å². The van der Waals surface area contributed by atoms with Gasteiger partial charge < -0.3 is 15.5 Å². The van der Waals surface area contributed by atoms with Crippen molar-refractivity contribution in [3.8, 4) is 0 Å². The predicted octanol–water partition coefficient (Wildman–Crippen LogP) is 2.78. The van der Waals surface area contributed by atoms with Crippen LogP contribution in [0.5, 0.6) is 0 Å². The zero-order valence-corrected chi connectivity index (χ0v) is 17.9. The van der Waals surface area contributed by atoms with Crippen molar-refractivity contribution in [2.24, 2.45) is 16.8 Å². The third kappa shape index (κ3) is 7.07. The monoisotopic (exact) mass is 365 g/mol. The van der Waals surface area contributed by atoms with Gasteiger partial charge >= 0.3 is 0 Å². The molecule has 2 atom stereocenters. The van der Waals surface area contributed by atoms with Crippen LogP contribution in [0.25, 0.3) is 0 Å². The van der Waals surface area contributed by atoms with E-state index in [0.717, 1.165) is 31.5 Å². The van der Waals surface area contributed by atoms with E-state index < -0.39 is 0 Å². The number of aliphatic imine (C=N–C) groups is 1. The largest absolute Gasteiger partial charge is 0.357 e. The number of guanidine groups is 1. The molecule has 2 aliphatic heterocycles. The Balaban J connectivity index is 1.69. The molecule has 0 bridgehead atoms. The highest BCUT2D eigenvalue weighted by molar-refractivity contribution is 5.80. The van der Waals surface area contributed by atoms with Crippen molar-refractivity contribution in [3.05, 3.63) is 0 Å². The molecule has 0 aromatic heterocycles. The molecule has 2 fully saturated rings. The molecule has 0 saturated carbocycles. The van der Waals surface area contributed by atoms with E-state index in [-0.39, 0.29) is 0 Å². The molecule has 2 rings (SSSR count). The van der Waals surface area contributed by atoms with Crippen LogP contribution in [0.2, 0.25) is 0 Å². The Labute approximate surface area is 162 Å². The summed E-state index contributed by atoms with van der Waals surface area (Å²) in [6.07, 6.45) is 5.19. The lowest BCUT2D eigenvalue weighted by Gasteiger charge is -2.30. The van der Waals surface area contributed by atoms with E-state index >= 15 is 0 Å². The summed E-state index contributed by atoms with van der Waals surface area (Å²) in [5.41, 5.74) is 0. The third-order valence-electron chi connectivity index (χ3n) is 6.07. The molecular weight excluding hydrogens is 322 g/mol. The number of hydrogen-bond donors (Lipinski definition) is 2. The molecule has 0 amide bonds. The van der Waals surface area contributed by atoms with Gasteiger partial charge in [0.25, 0.3) is 0 Å². The third-order valence-corrected chi connectivity index (χ3v) is 6.07. The molecule has 2 heterocycles. The second-order valence-electron chi connectivity index (χ2n) is 8.77. The van der Waals surface area contributed by atoms with Gasteiger partial charge in [-0.1, -0.05) is 13.8 Å². The first kappa shape index (κ1) is 21.5. The first-order valence-corrected chi connectivity index (χ1v) is 11.0. The van der Waals surface area contributed by atoms with Gasteiger partial charge in [-0.25, -0.2) is 0 Å². The Hall–Kier alpha value is -0.810. The summed E-state index contributed by atoms with van der Waals surface area (Å²) in [6, 6.07) is 1.13. The molecule has 5 heteroatoms. The molecule has 0 aromatic carbocycles. The van der Waals surface area contributed by atoms with Crippen LogP contribution in [-0.4, -0.2) is 73.7 Å². The number of unbranched alkanes of at least 4 members (excludes halogenated alkanes) is 1. The summed E-state index contributed by atoms with van der Waals surface area (Å²) >= 11 is 0. The maximum atomic E-state index is 4.83. The lowest BCUT2D eigenvalue weighted by Crippen LogP contribution is -2.46. The predicted molar refractivity (Wildman–Crippen MR) is 113 cm³/mol. The van der Waals surface area contributed by atoms with Gasteiger partial charge in [0.1, 0.15) is 0 Å². The average molecular weight is 366 g/mol. The zero-order chi connectivity index (χ0) is 18.9. The van der Waals surface area contributed by atoms with E-state index in [9.17, 15) is 0 Å². The fraction of sp³-hybridized carbons (Fsp3) is 0.952. The van der Waals surface area contributed by atoms with E-state index in [2.05, 4.69) is 55.1 Å². The van der Waals surface area contributed by atoms with Crippen LogP contribution >= 0.6 is 0 Å². The maximum absolute atomic E-state index is 4.83. The fourth-order valence-electron chi connectivity index (χ4n) is 4.03. The molecule has 2 unspecified atom stereocenters. The molecule has 0 aromatic rings. The Morgan fingerprint density at radius 1 is 1.12 bits per heavy atom. The van der Waals surface area contributed by atoms with Crippen LogP contribution in [0.1, 0.15) is 60.3 Å². The van der Waals surface area contributed by atoms with Crippen LogP contribution in [0.15, 0.2) is 4.99 Å². The Bertz CT molecular complexity index is 415. The first-order chi connectivity index (χ1) is 12.5. The van der Waals surface area contributed by atoms with E-state index in [1.807, 2.05) is 0 Å². The Morgan fingerprint density at radius 3 is 2.46 bits per heavy atom. The van der Waals surface area contributed by atoms with Crippen molar-refractivity contribution in [1.29, 1.82) is 0 Å². The lowest BCUT2D eigenvalue weighted by molar-refractivity contribution is 0.190. The van der Waals surface area contributed by atoms with Gasteiger partial charge in [-0.05, 0) is 77.9 Å². The van der Waals surface area contributed by atoms with Gasteiger partial charge in [0.05, 0.1) is 0 Å². The zero-order valence-electron chi connectivity index (χ0n) is 17.9. The summed E-state index contributed by atoms with van der Waals surface area (Å²) in [4.78, 5) is 10.0. The van der Waals surface area contributed by atoms with Gasteiger partial charge in [0.2, 0.25) is 0 Å². The van der Waals surface area contributed by atoms with Gasteiger partial charge in [-0.15, -0.1) is 0 Å². The average Bonchev–Trinajstić information content (AvgIpc) is 2.97. The van der Waals surface area contributed by atoms with Crippen LogP contribution in [0, 0.1) is 11.8 Å². The maximum Gasteiger partial charge on any atom is 0.191 e. The number of piperidine rings is 1. The van der Waals surface area contributed by atoms with Crippen LogP contribution < -0.4 is 10.6 Å². The molecule has 5 nitrogen and oxygen atoms in total. The smallest absolute Gasteiger partial charge is 0.191 e. The Kier molecular flexibility index (Phi) is 9.20. The van der Waals surface area contributed by atoms with Crippen molar-refractivity contribution >= 4 is 5.96 Å². The van der Waals surface area contributed by atoms with Crippen molar-refractivity contribution in [2.75, 3.05) is 45.8 Å². The van der Waals surface area contributed by atoms with Crippen molar-refractivity contribution in [1.82, 2.24) is 20.4 Å². The molecule has 2 saturated heterocycles. The second-order valence-corrected chi connectivity index (χ2v) is 8.77. The fourth-order valence-corrected chi connectivity index (χ4v) is 4.03. The van der Waals surface area contributed by atoms with Crippen LogP contribution in [0.3, 0.4) is 0 Å². The van der Waals surface area contributed by atoms with Gasteiger partial charge in [0.15, 0.2) is 5.96 Å². The Morgan fingerprint density at radius 2 is 1.85 bits per heavy atom. The quantitative estimate of drug-likeness (QED) is 0.394. The van der Waals surface area contributed by atoms with Gasteiger partial charge in [-0.3, -0.25) is 9.89 Å². The molecule has 0 spiro atoms. The number of nitrogens with zero attached hydrogens (tertiary/aromatic N) is 3. The summed E-state index contributed by atoms with van der Waals surface area (Å²) in [5.74, 6) is 2.60. The minimum Gasteiger partial charge on any atom is -0.357 e. The minimum absolute atomic E-state index is 0.505. The van der Waals surface area contributed by atoms with E-state index in [0.29, 0.717) is 18.0 Å². The summed E-state index contributed by atoms with van der Waals surface area (Å²) < 4.78 is 0. The molecule has 26 heavy (non-hydrogen) atoms. The number of hydrogen-bond acceptors (Lipinski definition) is 3. The van der Waals surface area contributed by atoms with Crippen molar-refractivity contribution in [2.45, 2.75) is 72.4 Å². The molecular formula is C21H43N5. The lowest BCUT2D eigenvalue weighted by atomic mass is 9.99. The number of nitrogens with one attached hydrogen (secondary N) is 2. The summed E-state index contributed by atoms with van der Waals surface area (Å²) in [7, 11) is 0. The topological polar surface area (TPSA) is 42.9 Å². The molecule has 0 radical (unpaired) electrons. The highest BCUT2D eigenvalue weighted by Crippen LogP contribution is 2.18. The summed E-state index contributed by atoms with van der Waals surface area (Å²) in [6.45, 7) is 19.4. The highest BCUT2D eigenvalue weighted by Gasteiger charge is 2.31.